The molecule has 0 bridgehead atoms. The Morgan fingerprint density at radius 1 is 1.05 bits per heavy atom. The molecule has 5 rings (SSSR count). The maximum Gasteiger partial charge on any atom is 0.410 e. The normalized spacial score (nSPS) is 16.9. The fourth-order valence-electron chi connectivity index (χ4n) is 5.71. The molecule has 1 N–H and O–H groups in total. The Morgan fingerprint density at radius 2 is 1.77 bits per heavy atom. The highest BCUT2D eigenvalue weighted by molar-refractivity contribution is 5.97. The molecule has 0 radical (unpaired) electrons. The number of amides is 2. The van der Waals surface area contributed by atoms with Crippen LogP contribution >= 0.6 is 0 Å². The lowest BCUT2D eigenvalue weighted by Crippen LogP contribution is -2.42. The third-order valence-corrected chi connectivity index (χ3v) is 7.75. The van der Waals surface area contributed by atoms with Crippen LogP contribution in [0.25, 0.3) is 11.0 Å². The van der Waals surface area contributed by atoms with Crippen molar-refractivity contribution in [1.82, 2.24) is 29.3 Å². The first-order chi connectivity index (χ1) is 19.1. The Hall–Kier alpha value is -3.69. The van der Waals surface area contributed by atoms with Crippen molar-refractivity contribution in [3.05, 3.63) is 41.9 Å². The van der Waals surface area contributed by atoms with Gasteiger partial charge in [0.1, 0.15) is 22.8 Å². The van der Waals surface area contributed by atoms with Crippen LogP contribution in [0.5, 0.6) is 0 Å². The molecule has 0 unspecified atom stereocenters. The molecule has 1 aliphatic carbocycles. The van der Waals surface area contributed by atoms with E-state index in [9.17, 15) is 9.59 Å². The van der Waals surface area contributed by atoms with Gasteiger partial charge < -0.3 is 24.4 Å². The molecular formula is C30H41N7O3. The SMILES string of the molecule is CN(C)C(=O)c1cc2cnc(Nc3ccc(CC4CCN(C(=O)OC(C)(C)C)CC4)cn3)nc2n1C1CCCC1. The molecule has 1 saturated heterocycles. The molecule has 0 aromatic carbocycles. The van der Waals surface area contributed by atoms with Crippen molar-refractivity contribution in [3.8, 4) is 0 Å². The molecule has 0 atom stereocenters. The molecular weight excluding hydrogens is 506 g/mol. The summed E-state index contributed by atoms with van der Waals surface area (Å²) >= 11 is 0. The third kappa shape index (κ3) is 6.37. The van der Waals surface area contributed by atoms with E-state index in [-0.39, 0.29) is 18.0 Å². The minimum atomic E-state index is -0.472. The molecule has 3 aromatic rings. The lowest BCUT2D eigenvalue weighted by Gasteiger charge is -2.33. The molecule has 2 aliphatic rings. The number of hydrogen-bond acceptors (Lipinski definition) is 7. The number of carbonyl (C=O) groups excluding carboxylic acids is 2. The Labute approximate surface area is 236 Å². The molecule has 2 amide bonds. The number of nitrogens with one attached hydrogen (secondary N) is 1. The Balaban J connectivity index is 1.23. The van der Waals surface area contributed by atoms with Gasteiger partial charge in [0.15, 0.2) is 0 Å². The van der Waals surface area contributed by atoms with E-state index in [0.717, 1.165) is 69.1 Å². The van der Waals surface area contributed by atoms with Gasteiger partial charge in [-0.15, -0.1) is 0 Å². The molecule has 4 heterocycles. The van der Waals surface area contributed by atoms with E-state index in [1.165, 1.54) is 5.56 Å². The van der Waals surface area contributed by atoms with Gasteiger partial charge in [0, 0.05) is 51.0 Å². The molecule has 0 spiro atoms. The van der Waals surface area contributed by atoms with Gasteiger partial charge >= 0.3 is 6.09 Å². The number of nitrogens with zero attached hydrogens (tertiary/aromatic N) is 6. The summed E-state index contributed by atoms with van der Waals surface area (Å²) in [5.41, 5.74) is 2.14. The molecule has 214 valence electrons. The first kappa shape index (κ1) is 27.9. The highest BCUT2D eigenvalue weighted by atomic mass is 16.6. The van der Waals surface area contributed by atoms with Gasteiger partial charge in [0.2, 0.25) is 5.95 Å². The number of anilines is 2. The molecule has 1 aliphatic heterocycles. The van der Waals surface area contributed by atoms with Crippen molar-refractivity contribution in [2.75, 3.05) is 32.5 Å². The van der Waals surface area contributed by atoms with Gasteiger partial charge in [-0.1, -0.05) is 18.9 Å². The number of ether oxygens (including phenoxy) is 1. The minimum absolute atomic E-state index is 0.0211. The van der Waals surface area contributed by atoms with Gasteiger partial charge in [-0.3, -0.25) is 4.79 Å². The van der Waals surface area contributed by atoms with E-state index in [1.54, 1.807) is 25.2 Å². The number of carbonyl (C=O) groups is 2. The highest BCUT2D eigenvalue weighted by Crippen LogP contribution is 2.35. The molecule has 10 heteroatoms. The molecule has 40 heavy (non-hydrogen) atoms. The largest absolute Gasteiger partial charge is 0.444 e. The zero-order valence-corrected chi connectivity index (χ0v) is 24.3. The van der Waals surface area contributed by atoms with E-state index in [4.69, 9.17) is 9.72 Å². The van der Waals surface area contributed by atoms with Crippen LogP contribution in [0.1, 0.15) is 81.4 Å². The second kappa shape index (κ2) is 11.4. The molecule has 10 nitrogen and oxygen atoms in total. The van der Waals surface area contributed by atoms with E-state index in [2.05, 4.69) is 25.9 Å². The van der Waals surface area contributed by atoms with Gasteiger partial charge in [-0.05, 0) is 76.5 Å². The fraction of sp³-hybridized carbons (Fsp3) is 0.567. The smallest absolute Gasteiger partial charge is 0.410 e. The van der Waals surface area contributed by atoms with Gasteiger partial charge in [-0.25, -0.2) is 14.8 Å². The summed E-state index contributed by atoms with van der Waals surface area (Å²) in [6.07, 6.45) is 10.7. The van der Waals surface area contributed by atoms with Crippen LogP contribution in [0.3, 0.4) is 0 Å². The summed E-state index contributed by atoms with van der Waals surface area (Å²) in [5, 5.41) is 4.11. The van der Waals surface area contributed by atoms with Crippen LogP contribution in [0.4, 0.5) is 16.6 Å². The van der Waals surface area contributed by atoms with Gasteiger partial charge in [-0.2, -0.15) is 4.98 Å². The lowest BCUT2D eigenvalue weighted by atomic mass is 9.91. The van der Waals surface area contributed by atoms with E-state index in [1.807, 2.05) is 44.0 Å². The van der Waals surface area contributed by atoms with E-state index >= 15 is 0 Å². The average Bonchev–Trinajstić information content (AvgIpc) is 3.56. The second-order valence-corrected chi connectivity index (χ2v) is 12.3. The predicted octanol–water partition coefficient (Wildman–Crippen LogP) is 5.58. The fourth-order valence-corrected chi connectivity index (χ4v) is 5.71. The van der Waals surface area contributed by atoms with Crippen molar-refractivity contribution in [2.45, 2.75) is 77.4 Å². The van der Waals surface area contributed by atoms with Gasteiger partial charge in [0.05, 0.1) is 0 Å². The van der Waals surface area contributed by atoms with Crippen LogP contribution in [0.2, 0.25) is 0 Å². The highest BCUT2D eigenvalue weighted by Gasteiger charge is 2.28. The third-order valence-electron chi connectivity index (χ3n) is 7.75. The van der Waals surface area contributed by atoms with E-state index in [0.29, 0.717) is 23.4 Å². The van der Waals surface area contributed by atoms with Crippen molar-refractivity contribution in [2.24, 2.45) is 5.92 Å². The molecule has 3 aromatic heterocycles. The topological polar surface area (TPSA) is 105 Å². The summed E-state index contributed by atoms with van der Waals surface area (Å²) in [6.45, 7) is 7.12. The average molecular weight is 548 g/mol. The van der Waals surface area contributed by atoms with Gasteiger partial charge in [0.25, 0.3) is 5.91 Å². The van der Waals surface area contributed by atoms with Crippen LogP contribution in [0, 0.1) is 5.92 Å². The number of fused-ring (bicyclic) bond motifs is 1. The van der Waals surface area contributed by atoms with Crippen molar-refractivity contribution in [1.29, 1.82) is 0 Å². The molecule has 1 saturated carbocycles. The second-order valence-electron chi connectivity index (χ2n) is 12.3. The zero-order valence-electron chi connectivity index (χ0n) is 24.3. The lowest BCUT2D eigenvalue weighted by molar-refractivity contribution is 0.0184. The first-order valence-corrected chi connectivity index (χ1v) is 14.4. The Bertz CT molecular complexity index is 1350. The Kier molecular flexibility index (Phi) is 7.96. The number of likely N-dealkylation sites (tertiary alicyclic amines) is 1. The maximum absolute atomic E-state index is 12.9. The number of pyridine rings is 1. The maximum atomic E-state index is 12.9. The van der Waals surface area contributed by atoms with Crippen LogP contribution < -0.4 is 5.32 Å². The summed E-state index contributed by atoms with van der Waals surface area (Å²) in [4.78, 5) is 42.7. The zero-order chi connectivity index (χ0) is 28.4. The summed E-state index contributed by atoms with van der Waals surface area (Å²) in [6, 6.07) is 6.22. The van der Waals surface area contributed by atoms with Crippen LogP contribution in [-0.2, 0) is 11.2 Å². The van der Waals surface area contributed by atoms with E-state index < -0.39 is 5.60 Å². The van der Waals surface area contributed by atoms with Crippen molar-refractivity contribution < 1.29 is 14.3 Å². The monoisotopic (exact) mass is 547 g/mol. The van der Waals surface area contributed by atoms with Crippen molar-refractivity contribution >= 4 is 34.8 Å². The number of piperidine rings is 1. The Morgan fingerprint density at radius 3 is 2.40 bits per heavy atom. The number of rotatable bonds is 6. The summed E-state index contributed by atoms with van der Waals surface area (Å²) in [5.74, 6) is 1.62. The quantitative estimate of drug-likeness (QED) is 0.430. The number of aromatic nitrogens is 4. The minimum Gasteiger partial charge on any atom is -0.444 e. The standard InChI is InChI=1S/C30H41N7O3/c1-30(2,3)40-29(39)36-14-12-20(13-15-36)16-21-10-11-25(31-18-21)33-28-32-19-22-17-24(27(38)35(4)5)37(26(22)34-28)23-8-6-7-9-23/h10-11,17-20,23H,6-9,12-16H2,1-5H3,(H,31,32,33,34). The first-order valence-electron chi connectivity index (χ1n) is 14.4. The summed E-state index contributed by atoms with van der Waals surface area (Å²) in [7, 11) is 3.56. The molecule has 2 fully saturated rings. The predicted molar refractivity (Wildman–Crippen MR) is 155 cm³/mol. The summed E-state index contributed by atoms with van der Waals surface area (Å²) < 4.78 is 7.62. The van der Waals surface area contributed by atoms with Crippen LogP contribution in [0.15, 0.2) is 30.6 Å². The van der Waals surface area contributed by atoms with Crippen LogP contribution in [-0.4, -0.2) is 74.1 Å². The van der Waals surface area contributed by atoms with Crippen molar-refractivity contribution in [3.63, 3.8) is 0 Å². The number of hydrogen-bond donors (Lipinski definition) is 1.